The third kappa shape index (κ3) is 4.30. The topological polar surface area (TPSA) is 48.6 Å². The fourth-order valence-corrected chi connectivity index (χ4v) is 5.49. The van der Waals surface area contributed by atoms with Crippen molar-refractivity contribution in [2.45, 2.75) is 31.5 Å². The number of aromatic nitrogens is 1. The highest BCUT2D eigenvalue weighted by Gasteiger charge is 2.36. The van der Waals surface area contributed by atoms with Crippen LogP contribution in [0.5, 0.6) is 5.75 Å². The van der Waals surface area contributed by atoms with Crippen molar-refractivity contribution >= 4 is 28.3 Å². The number of anilines is 2. The summed E-state index contributed by atoms with van der Waals surface area (Å²) in [6.45, 7) is 1.85. The predicted molar refractivity (Wildman–Crippen MR) is 137 cm³/mol. The number of nitrogens with zero attached hydrogens (tertiary/aromatic N) is 2. The number of para-hydroxylation sites is 3. The van der Waals surface area contributed by atoms with Crippen molar-refractivity contribution in [2.24, 2.45) is 0 Å². The smallest absolute Gasteiger partial charge is 0.416 e. The van der Waals surface area contributed by atoms with E-state index in [4.69, 9.17) is 4.74 Å². The van der Waals surface area contributed by atoms with E-state index in [1.165, 1.54) is 23.1 Å². The Labute approximate surface area is 212 Å². The van der Waals surface area contributed by atoms with Crippen LogP contribution in [0.25, 0.3) is 10.9 Å². The average molecular weight is 506 g/mol. The van der Waals surface area contributed by atoms with Gasteiger partial charge in [-0.15, -0.1) is 0 Å². The lowest BCUT2D eigenvalue weighted by atomic mass is 10.0. The first-order valence-electron chi connectivity index (χ1n) is 12.5. The number of amides is 1. The van der Waals surface area contributed by atoms with Gasteiger partial charge in [0.2, 0.25) is 0 Å². The maximum Gasteiger partial charge on any atom is 0.416 e. The molecule has 4 aromatic rings. The molecular formula is C29H26F3N3O2. The molecule has 0 saturated carbocycles. The molecule has 3 aromatic carbocycles. The number of carbonyl (C=O) groups is 1. The van der Waals surface area contributed by atoms with E-state index >= 15 is 0 Å². The second-order valence-electron chi connectivity index (χ2n) is 9.56. The Morgan fingerprint density at radius 1 is 1.03 bits per heavy atom. The summed E-state index contributed by atoms with van der Waals surface area (Å²) in [5.74, 6) is 1.20. The Hall–Kier alpha value is -3.94. The molecule has 8 heteroatoms. The van der Waals surface area contributed by atoms with Gasteiger partial charge in [-0.3, -0.25) is 9.69 Å². The van der Waals surface area contributed by atoms with Crippen LogP contribution >= 0.6 is 0 Å². The molecular weight excluding hydrogens is 479 g/mol. The van der Waals surface area contributed by atoms with E-state index in [2.05, 4.69) is 22.0 Å². The van der Waals surface area contributed by atoms with E-state index in [0.29, 0.717) is 24.4 Å². The maximum absolute atomic E-state index is 13.7. The van der Waals surface area contributed by atoms with Crippen LogP contribution in [0.15, 0.2) is 72.8 Å². The molecule has 6 rings (SSSR count). The molecule has 1 aromatic heterocycles. The zero-order valence-corrected chi connectivity index (χ0v) is 20.1. The predicted octanol–water partition coefficient (Wildman–Crippen LogP) is 6.44. The molecule has 190 valence electrons. The normalized spacial score (nSPS) is 17.3. The van der Waals surface area contributed by atoms with Gasteiger partial charge in [0.1, 0.15) is 18.2 Å². The minimum absolute atomic E-state index is 0.00686. The van der Waals surface area contributed by atoms with E-state index in [0.717, 1.165) is 42.9 Å². The molecule has 1 amide bonds. The lowest BCUT2D eigenvalue weighted by Gasteiger charge is -2.38. The molecule has 0 saturated heterocycles. The summed E-state index contributed by atoms with van der Waals surface area (Å²) in [5, 5.41) is 1.23. The molecule has 2 aliphatic heterocycles. The number of nitrogens with one attached hydrogen (secondary N) is 1. The highest BCUT2D eigenvalue weighted by Crippen LogP contribution is 2.38. The summed E-state index contributed by atoms with van der Waals surface area (Å²) < 4.78 is 46.1. The second kappa shape index (κ2) is 9.18. The van der Waals surface area contributed by atoms with Gasteiger partial charge in [0, 0.05) is 35.1 Å². The van der Waals surface area contributed by atoms with Crippen LogP contribution in [0.1, 0.15) is 34.3 Å². The number of hydrogen-bond acceptors (Lipinski definition) is 3. The van der Waals surface area contributed by atoms with Crippen LogP contribution in [-0.4, -0.2) is 36.6 Å². The quantitative estimate of drug-likeness (QED) is 0.347. The number of benzene rings is 3. The van der Waals surface area contributed by atoms with Crippen LogP contribution in [0, 0.1) is 0 Å². The fourth-order valence-electron chi connectivity index (χ4n) is 5.49. The number of halogens is 3. The maximum atomic E-state index is 13.7. The van der Waals surface area contributed by atoms with Gasteiger partial charge in [-0.1, -0.05) is 36.4 Å². The summed E-state index contributed by atoms with van der Waals surface area (Å²) in [7, 11) is 0. The van der Waals surface area contributed by atoms with E-state index in [9.17, 15) is 18.0 Å². The highest BCUT2D eigenvalue weighted by molar-refractivity contribution is 6.07. The minimum atomic E-state index is -4.52. The molecule has 37 heavy (non-hydrogen) atoms. The Balaban J connectivity index is 1.29. The molecule has 0 spiro atoms. The van der Waals surface area contributed by atoms with Gasteiger partial charge in [-0.05, 0) is 55.7 Å². The van der Waals surface area contributed by atoms with Crippen molar-refractivity contribution in [2.75, 3.05) is 29.5 Å². The van der Waals surface area contributed by atoms with Gasteiger partial charge in [-0.2, -0.15) is 13.2 Å². The lowest BCUT2D eigenvalue weighted by molar-refractivity contribution is -0.137. The number of alkyl halides is 3. The first-order chi connectivity index (χ1) is 17.9. The number of aromatic amines is 1. The first kappa shape index (κ1) is 23.5. The summed E-state index contributed by atoms with van der Waals surface area (Å²) in [6, 6.07) is 19.8. The second-order valence-corrected chi connectivity index (χ2v) is 9.56. The van der Waals surface area contributed by atoms with Crippen LogP contribution in [0.2, 0.25) is 0 Å². The number of hydrogen-bond donors (Lipinski definition) is 1. The third-order valence-electron chi connectivity index (χ3n) is 7.27. The number of carbonyl (C=O) groups excluding carboxylic acids is 1. The molecule has 2 aliphatic rings. The molecule has 1 atom stereocenters. The van der Waals surface area contributed by atoms with Gasteiger partial charge in [0.05, 0.1) is 17.3 Å². The van der Waals surface area contributed by atoms with Crippen molar-refractivity contribution in [1.29, 1.82) is 0 Å². The fraction of sp³-hybridized carbons (Fsp3) is 0.276. The molecule has 0 radical (unpaired) electrons. The summed E-state index contributed by atoms with van der Waals surface area (Å²) >= 11 is 0. The molecule has 1 unspecified atom stereocenters. The van der Waals surface area contributed by atoms with Gasteiger partial charge in [0.25, 0.3) is 5.91 Å². The summed E-state index contributed by atoms with van der Waals surface area (Å²) in [4.78, 5) is 21.2. The van der Waals surface area contributed by atoms with Crippen LogP contribution in [-0.2, 0) is 12.6 Å². The molecule has 3 heterocycles. The zero-order chi connectivity index (χ0) is 25.6. The van der Waals surface area contributed by atoms with Crippen molar-refractivity contribution in [3.63, 3.8) is 0 Å². The Kier molecular flexibility index (Phi) is 5.82. The molecule has 0 bridgehead atoms. The minimum Gasteiger partial charge on any atom is -0.489 e. The first-order valence-corrected chi connectivity index (χ1v) is 12.5. The summed E-state index contributed by atoms with van der Waals surface area (Å²) in [5.41, 5.74) is 2.16. The molecule has 5 nitrogen and oxygen atoms in total. The number of aryl methyl sites for hydroxylation is 1. The highest BCUT2D eigenvalue weighted by atomic mass is 19.4. The Morgan fingerprint density at radius 3 is 2.70 bits per heavy atom. The van der Waals surface area contributed by atoms with Gasteiger partial charge < -0.3 is 14.6 Å². The van der Waals surface area contributed by atoms with Crippen molar-refractivity contribution < 1.29 is 22.7 Å². The Bertz CT molecular complexity index is 1460. The van der Waals surface area contributed by atoms with Gasteiger partial charge in [-0.25, -0.2) is 0 Å². The van der Waals surface area contributed by atoms with E-state index in [-0.39, 0.29) is 18.2 Å². The third-order valence-corrected chi connectivity index (χ3v) is 7.27. The molecule has 1 N–H and O–H groups in total. The number of H-pyrrole nitrogens is 1. The number of fused-ring (bicyclic) bond motifs is 4. The van der Waals surface area contributed by atoms with Gasteiger partial charge in [0.15, 0.2) is 0 Å². The van der Waals surface area contributed by atoms with E-state index < -0.39 is 17.6 Å². The SMILES string of the molecule is O=C(c1cccc(C(F)(F)F)c1)N1c2ccccc2OCC1CCN1CCCc2c1[nH]c1ccccc21. The lowest BCUT2D eigenvalue weighted by Crippen LogP contribution is -2.48. The van der Waals surface area contributed by atoms with E-state index in [1.54, 1.807) is 23.1 Å². The monoisotopic (exact) mass is 505 g/mol. The number of ether oxygens (including phenoxy) is 1. The largest absolute Gasteiger partial charge is 0.489 e. The van der Waals surface area contributed by atoms with Crippen molar-refractivity contribution in [3.8, 4) is 5.75 Å². The van der Waals surface area contributed by atoms with Crippen LogP contribution < -0.4 is 14.5 Å². The Morgan fingerprint density at radius 2 is 1.84 bits per heavy atom. The van der Waals surface area contributed by atoms with Crippen LogP contribution in [0.4, 0.5) is 24.7 Å². The van der Waals surface area contributed by atoms with Gasteiger partial charge >= 0.3 is 6.18 Å². The van der Waals surface area contributed by atoms with Crippen molar-refractivity contribution in [3.05, 3.63) is 89.5 Å². The average Bonchev–Trinajstić information content (AvgIpc) is 3.30. The van der Waals surface area contributed by atoms with E-state index in [1.807, 2.05) is 18.2 Å². The standard InChI is InChI=1S/C29H26F3N3O2/c30-29(31,32)20-8-5-7-19(17-20)28(36)35-21(18-37-26-13-4-3-12-25(26)35)14-16-34-15-6-10-23-22-9-1-2-11-24(22)33-27(23)34/h1-5,7-9,11-13,17,21,33H,6,10,14-16,18H2. The van der Waals surface area contributed by atoms with Crippen LogP contribution in [0.3, 0.4) is 0 Å². The summed E-state index contributed by atoms with van der Waals surface area (Å²) in [6.07, 6.45) is -1.88. The zero-order valence-electron chi connectivity index (χ0n) is 20.1. The van der Waals surface area contributed by atoms with Crippen molar-refractivity contribution in [1.82, 2.24) is 4.98 Å². The number of rotatable bonds is 4. The molecule has 0 aliphatic carbocycles. The molecule has 0 fully saturated rings.